The first-order chi connectivity index (χ1) is 13.6. The summed E-state index contributed by atoms with van der Waals surface area (Å²) in [6.45, 7) is 3.99. The number of halogens is 1. The molecule has 0 aromatic heterocycles. The van der Waals surface area contributed by atoms with Gasteiger partial charge in [-0.3, -0.25) is 4.79 Å². The van der Waals surface area contributed by atoms with E-state index in [2.05, 4.69) is 4.90 Å². The quantitative estimate of drug-likeness (QED) is 0.680. The van der Waals surface area contributed by atoms with E-state index in [1.54, 1.807) is 18.1 Å². The van der Waals surface area contributed by atoms with Crippen molar-refractivity contribution in [3.8, 4) is 5.75 Å². The number of hydrogen-bond donors (Lipinski definition) is 0. The van der Waals surface area contributed by atoms with Gasteiger partial charge >= 0.3 is 0 Å². The molecule has 1 saturated heterocycles. The Morgan fingerprint density at radius 3 is 2.71 bits per heavy atom. The number of likely N-dealkylation sites (tertiary alicyclic amines) is 1. The zero-order chi connectivity index (χ0) is 19.5. The maximum absolute atomic E-state index is 13.5. The van der Waals surface area contributed by atoms with E-state index >= 15 is 0 Å². The minimum atomic E-state index is -0.372. The lowest BCUT2D eigenvalue weighted by atomic mass is 10.1. The summed E-state index contributed by atoms with van der Waals surface area (Å²) < 4.78 is 30.5. The van der Waals surface area contributed by atoms with E-state index in [0.29, 0.717) is 24.1 Å². The Morgan fingerprint density at radius 2 is 2.00 bits per heavy atom. The lowest BCUT2D eigenvalue weighted by Crippen LogP contribution is -2.48. The number of methoxy groups -OCH3 is 1. The molecule has 1 aliphatic carbocycles. The number of ether oxygens (including phenoxy) is 3. The average Bonchev–Trinajstić information content (AvgIpc) is 3.53. The van der Waals surface area contributed by atoms with Crippen LogP contribution in [0.5, 0.6) is 5.75 Å². The van der Waals surface area contributed by atoms with Crippen molar-refractivity contribution in [2.24, 2.45) is 5.92 Å². The van der Waals surface area contributed by atoms with Gasteiger partial charge in [0.25, 0.3) is 5.91 Å². The van der Waals surface area contributed by atoms with Gasteiger partial charge in [0.1, 0.15) is 11.6 Å². The predicted octanol–water partition coefficient (Wildman–Crippen LogP) is 2.46. The number of carbonyl (C=O) groups excluding carboxylic acids is 1. The summed E-state index contributed by atoms with van der Waals surface area (Å²) >= 11 is 0. The van der Waals surface area contributed by atoms with Crippen LogP contribution in [0.1, 0.15) is 25.7 Å². The average molecular weight is 392 g/mol. The molecule has 1 aromatic carbocycles. The van der Waals surface area contributed by atoms with Gasteiger partial charge in [0.2, 0.25) is 0 Å². The van der Waals surface area contributed by atoms with Crippen LogP contribution in [-0.4, -0.2) is 69.5 Å². The van der Waals surface area contributed by atoms with E-state index in [1.807, 2.05) is 0 Å². The summed E-state index contributed by atoms with van der Waals surface area (Å²) in [6, 6.07) is 4.27. The standard InChI is InChI=1S/C21H29FN2O4/c1-26-18(11-23-8-6-17(7-9-23)27-13-15-2-3-15)12-24-19-5-4-16(22)10-20(19)28-14-21(24)25/h4-5,10,15,17-18H,2-3,6-9,11-14H2,1H3/t18-/m1/s1. The number of amides is 1. The van der Waals surface area contributed by atoms with E-state index in [9.17, 15) is 9.18 Å². The van der Waals surface area contributed by atoms with Crippen LogP contribution in [-0.2, 0) is 14.3 Å². The third-order valence-corrected chi connectivity index (χ3v) is 5.85. The molecule has 0 radical (unpaired) electrons. The Kier molecular flexibility index (Phi) is 6.13. The van der Waals surface area contributed by atoms with Crippen LogP contribution in [0.25, 0.3) is 0 Å². The molecule has 1 saturated carbocycles. The summed E-state index contributed by atoms with van der Waals surface area (Å²) in [4.78, 5) is 16.4. The molecule has 0 N–H and O–H groups in total. The Balaban J connectivity index is 1.30. The third-order valence-electron chi connectivity index (χ3n) is 5.85. The molecule has 0 bridgehead atoms. The summed E-state index contributed by atoms with van der Waals surface area (Å²) in [5, 5.41) is 0. The van der Waals surface area contributed by atoms with Crippen molar-refractivity contribution >= 4 is 11.6 Å². The lowest BCUT2D eigenvalue weighted by Gasteiger charge is -2.36. The van der Waals surface area contributed by atoms with Crippen LogP contribution in [0.15, 0.2) is 18.2 Å². The summed E-state index contributed by atoms with van der Waals surface area (Å²) in [6.07, 6.45) is 4.99. The molecule has 4 rings (SSSR count). The Bertz CT molecular complexity index is 689. The highest BCUT2D eigenvalue weighted by molar-refractivity contribution is 5.97. The SMILES string of the molecule is CO[C@H](CN1CCC(OCC2CC2)CC1)CN1C(=O)COc2cc(F)ccc21. The van der Waals surface area contributed by atoms with Gasteiger partial charge in [-0.05, 0) is 43.7 Å². The monoisotopic (exact) mass is 392 g/mol. The van der Waals surface area contributed by atoms with E-state index in [0.717, 1.165) is 45.0 Å². The van der Waals surface area contributed by atoms with Gasteiger partial charge in [-0.25, -0.2) is 4.39 Å². The Morgan fingerprint density at radius 1 is 1.21 bits per heavy atom. The van der Waals surface area contributed by atoms with E-state index in [1.165, 1.54) is 25.0 Å². The normalized spacial score (nSPS) is 22.1. The molecule has 6 nitrogen and oxygen atoms in total. The number of carbonyl (C=O) groups is 1. The summed E-state index contributed by atoms with van der Waals surface area (Å²) in [5.41, 5.74) is 0.604. The molecule has 0 spiro atoms. The molecular weight excluding hydrogens is 363 g/mol. The summed E-state index contributed by atoms with van der Waals surface area (Å²) in [7, 11) is 1.67. The van der Waals surface area contributed by atoms with Crippen molar-refractivity contribution in [3.63, 3.8) is 0 Å². The minimum absolute atomic E-state index is 0.0728. The van der Waals surface area contributed by atoms with Gasteiger partial charge in [-0.2, -0.15) is 0 Å². The highest BCUT2D eigenvalue weighted by atomic mass is 19.1. The Labute approximate surface area is 165 Å². The van der Waals surface area contributed by atoms with Crippen molar-refractivity contribution in [1.82, 2.24) is 4.90 Å². The van der Waals surface area contributed by atoms with E-state index in [-0.39, 0.29) is 24.4 Å². The maximum Gasteiger partial charge on any atom is 0.265 e. The fraction of sp³-hybridized carbons (Fsp3) is 0.667. The molecule has 2 heterocycles. The molecule has 1 aromatic rings. The third kappa shape index (κ3) is 4.82. The number of benzene rings is 1. The van der Waals surface area contributed by atoms with Gasteiger partial charge in [0, 0.05) is 39.4 Å². The smallest absolute Gasteiger partial charge is 0.265 e. The second-order valence-electron chi connectivity index (χ2n) is 8.04. The van der Waals surface area contributed by atoms with Crippen LogP contribution >= 0.6 is 0 Å². The first-order valence-corrected chi connectivity index (χ1v) is 10.2. The van der Waals surface area contributed by atoms with Crippen molar-refractivity contribution < 1.29 is 23.4 Å². The lowest BCUT2D eigenvalue weighted by molar-refractivity contribution is -0.121. The van der Waals surface area contributed by atoms with Gasteiger partial charge in [0.05, 0.1) is 24.4 Å². The highest BCUT2D eigenvalue weighted by Crippen LogP contribution is 2.33. The molecule has 1 atom stereocenters. The number of anilines is 1. The first kappa shape index (κ1) is 19.6. The van der Waals surface area contributed by atoms with Crippen molar-refractivity contribution in [1.29, 1.82) is 0 Å². The zero-order valence-corrected chi connectivity index (χ0v) is 16.4. The van der Waals surface area contributed by atoms with Gasteiger partial charge < -0.3 is 24.0 Å². The number of fused-ring (bicyclic) bond motifs is 1. The predicted molar refractivity (Wildman–Crippen MR) is 103 cm³/mol. The van der Waals surface area contributed by atoms with E-state index in [4.69, 9.17) is 14.2 Å². The number of hydrogen-bond acceptors (Lipinski definition) is 5. The number of piperidine rings is 1. The minimum Gasteiger partial charge on any atom is -0.481 e. The highest BCUT2D eigenvalue weighted by Gasteiger charge is 2.30. The van der Waals surface area contributed by atoms with Crippen molar-refractivity contribution in [2.45, 2.75) is 37.9 Å². The largest absolute Gasteiger partial charge is 0.481 e. The fourth-order valence-electron chi connectivity index (χ4n) is 3.89. The topological polar surface area (TPSA) is 51.2 Å². The first-order valence-electron chi connectivity index (χ1n) is 10.2. The molecule has 3 aliphatic rings. The maximum atomic E-state index is 13.5. The molecule has 154 valence electrons. The molecule has 7 heteroatoms. The second kappa shape index (κ2) is 8.76. The van der Waals surface area contributed by atoms with Crippen LogP contribution in [0.3, 0.4) is 0 Å². The molecule has 0 unspecified atom stereocenters. The molecule has 1 amide bonds. The molecule has 2 aliphatic heterocycles. The van der Waals surface area contributed by atoms with Gasteiger partial charge in [-0.15, -0.1) is 0 Å². The van der Waals surface area contributed by atoms with Gasteiger partial charge in [0.15, 0.2) is 6.61 Å². The van der Waals surface area contributed by atoms with Crippen molar-refractivity contribution in [3.05, 3.63) is 24.0 Å². The van der Waals surface area contributed by atoms with Crippen molar-refractivity contribution in [2.75, 3.05) is 51.4 Å². The molecule has 2 fully saturated rings. The Hall–Kier alpha value is -1.70. The van der Waals surface area contributed by atoms with E-state index < -0.39 is 0 Å². The van der Waals surface area contributed by atoms with Crippen LogP contribution in [0, 0.1) is 11.7 Å². The number of nitrogens with zero attached hydrogens (tertiary/aromatic N) is 2. The fourth-order valence-corrected chi connectivity index (χ4v) is 3.89. The van der Waals surface area contributed by atoms with Crippen LogP contribution in [0.2, 0.25) is 0 Å². The zero-order valence-electron chi connectivity index (χ0n) is 16.4. The van der Waals surface area contributed by atoms with Gasteiger partial charge in [-0.1, -0.05) is 0 Å². The molecular formula is C21H29FN2O4. The number of rotatable bonds is 8. The summed E-state index contributed by atoms with van der Waals surface area (Å²) in [5.74, 6) is 0.706. The van der Waals surface area contributed by atoms with Crippen LogP contribution in [0.4, 0.5) is 10.1 Å². The second-order valence-corrected chi connectivity index (χ2v) is 8.04. The van der Waals surface area contributed by atoms with Crippen LogP contribution < -0.4 is 9.64 Å². The molecule has 28 heavy (non-hydrogen) atoms.